The average Bonchev–Trinajstić information content (AvgIpc) is 2.96. The molecule has 0 saturated carbocycles. The maximum Gasteiger partial charge on any atom is 0.265 e. The van der Waals surface area contributed by atoms with Gasteiger partial charge in [-0.25, -0.2) is 0 Å². The molecule has 2 aromatic rings. The molecule has 1 saturated heterocycles. The molecule has 2 aromatic carbocycles. The molecule has 0 spiro atoms. The number of carbonyl (C=O) groups excluding carboxylic acids is 1. The van der Waals surface area contributed by atoms with Crippen LogP contribution in [0.5, 0.6) is 11.5 Å². The third-order valence-electron chi connectivity index (χ3n) is 4.31. The summed E-state index contributed by atoms with van der Waals surface area (Å²) in [5, 5.41) is 0.560. The van der Waals surface area contributed by atoms with E-state index in [2.05, 4.69) is 0 Å². The molecule has 158 valence electrons. The largest absolute Gasteiger partial charge is 0.491 e. The SMILES string of the molecule is Cc1ccccc1OCCOCCOc1ccc(Cl)cc1C=C1SC(=S)N(C)C1=O. The van der Waals surface area contributed by atoms with Crippen LogP contribution in [0.15, 0.2) is 47.4 Å². The predicted octanol–water partition coefficient (Wildman–Crippen LogP) is 4.95. The first-order valence-electron chi connectivity index (χ1n) is 9.36. The average molecular weight is 464 g/mol. The fraction of sp³-hybridized carbons (Fsp3) is 0.273. The van der Waals surface area contributed by atoms with Gasteiger partial charge in [0.2, 0.25) is 0 Å². The summed E-state index contributed by atoms with van der Waals surface area (Å²) in [5.74, 6) is 1.36. The van der Waals surface area contributed by atoms with E-state index in [1.165, 1.54) is 16.7 Å². The van der Waals surface area contributed by atoms with E-state index in [0.29, 0.717) is 46.4 Å². The summed E-state index contributed by atoms with van der Waals surface area (Å²) >= 11 is 12.6. The first-order chi connectivity index (χ1) is 14.5. The van der Waals surface area contributed by atoms with Gasteiger partial charge in [-0.3, -0.25) is 9.69 Å². The number of thiocarbonyl (C=S) groups is 1. The number of aryl methyl sites for hydroxylation is 1. The molecule has 3 rings (SSSR count). The van der Waals surface area contributed by atoms with Gasteiger partial charge in [-0.05, 0) is 42.8 Å². The minimum atomic E-state index is -0.132. The van der Waals surface area contributed by atoms with Crippen molar-refractivity contribution >= 4 is 51.9 Å². The lowest BCUT2D eigenvalue weighted by Gasteiger charge is -2.12. The Balaban J connectivity index is 1.48. The number of ether oxygens (including phenoxy) is 3. The first-order valence-corrected chi connectivity index (χ1v) is 11.0. The number of carbonyl (C=O) groups is 1. The van der Waals surface area contributed by atoms with Gasteiger partial charge in [0, 0.05) is 17.6 Å². The molecule has 1 fully saturated rings. The third kappa shape index (κ3) is 5.98. The molecule has 1 aliphatic rings. The molecule has 1 heterocycles. The van der Waals surface area contributed by atoms with Crippen molar-refractivity contribution in [2.45, 2.75) is 6.92 Å². The smallest absolute Gasteiger partial charge is 0.265 e. The monoisotopic (exact) mass is 463 g/mol. The van der Waals surface area contributed by atoms with Crippen LogP contribution in [0.25, 0.3) is 6.08 Å². The van der Waals surface area contributed by atoms with Crippen LogP contribution < -0.4 is 9.47 Å². The molecule has 8 heteroatoms. The summed E-state index contributed by atoms with van der Waals surface area (Å²) in [4.78, 5) is 14.2. The van der Waals surface area contributed by atoms with E-state index in [-0.39, 0.29) is 5.91 Å². The van der Waals surface area contributed by atoms with Crippen molar-refractivity contribution in [2.24, 2.45) is 0 Å². The molecular weight excluding hydrogens is 442 g/mol. The number of amides is 1. The Bertz CT molecular complexity index is 964. The molecule has 1 amide bonds. The molecule has 0 radical (unpaired) electrons. The van der Waals surface area contributed by atoms with Crippen molar-refractivity contribution in [1.82, 2.24) is 4.90 Å². The minimum absolute atomic E-state index is 0.132. The van der Waals surface area contributed by atoms with Gasteiger partial charge in [-0.1, -0.05) is 53.8 Å². The van der Waals surface area contributed by atoms with Gasteiger partial charge in [0.15, 0.2) is 0 Å². The zero-order valence-electron chi connectivity index (χ0n) is 16.7. The number of thioether (sulfide) groups is 1. The molecule has 0 aliphatic carbocycles. The summed E-state index contributed by atoms with van der Waals surface area (Å²) in [6.07, 6.45) is 1.75. The van der Waals surface area contributed by atoms with Crippen molar-refractivity contribution in [2.75, 3.05) is 33.5 Å². The second kappa shape index (κ2) is 10.8. The highest BCUT2D eigenvalue weighted by Gasteiger charge is 2.29. The van der Waals surface area contributed by atoms with E-state index in [4.69, 9.17) is 38.0 Å². The van der Waals surface area contributed by atoms with E-state index in [1.54, 1.807) is 31.3 Å². The number of benzene rings is 2. The van der Waals surface area contributed by atoms with Crippen LogP contribution in [0.1, 0.15) is 11.1 Å². The number of rotatable bonds is 9. The van der Waals surface area contributed by atoms with Gasteiger partial charge in [0.1, 0.15) is 29.0 Å². The molecule has 0 bridgehead atoms. The van der Waals surface area contributed by atoms with Crippen LogP contribution in [0.4, 0.5) is 0 Å². The summed E-state index contributed by atoms with van der Waals surface area (Å²) in [5.41, 5.74) is 1.82. The summed E-state index contributed by atoms with van der Waals surface area (Å²) in [7, 11) is 1.66. The van der Waals surface area contributed by atoms with Crippen LogP contribution in [-0.2, 0) is 9.53 Å². The van der Waals surface area contributed by atoms with Gasteiger partial charge in [0.05, 0.1) is 18.1 Å². The molecule has 0 atom stereocenters. The lowest BCUT2D eigenvalue weighted by atomic mass is 10.2. The lowest BCUT2D eigenvalue weighted by molar-refractivity contribution is -0.121. The number of nitrogens with zero attached hydrogens (tertiary/aromatic N) is 1. The van der Waals surface area contributed by atoms with Gasteiger partial charge in [-0.15, -0.1) is 0 Å². The Morgan fingerprint density at radius 2 is 1.77 bits per heavy atom. The van der Waals surface area contributed by atoms with Gasteiger partial charge < -0.3 is 14.2 Å². The zero-order chi connectivity index (χ0) is 21.5. The van der Waals surface area contributed by atoms with Crippen LogP contribution in [0, 0.1) is 6.92 Å². The topological polar surface area (TPSA) is 48.0 Å². The summed E-state index contributed by atoms with van der Waals surface area (Å²) < 4.78 is 17.6. The molecule has 5 nitrogen and oxygen atoms in total. The zero-order valence-corrected chi connectivity index (χ0v) is 19.1. The van der Waals surface area contributed by atoms with E-state index in [9.17, 15) is 4.79 Å². The van der Waals surface area contributed by atoms with Crippen molar-refractivity contribution in [1.29, 1.82) is 0 Å². The van der Waals surface area contributed by atoms with Gasteiger partial charge in [-0.2, -0.15) is 0 Å². The fourth-order valence-electron chi connectivity index (χ4n) is 2.69. The Kier molecular flexibility index (Phi) is 8.16. The van der Waals surface area contributed by atoms with Crippen molar-refractivity contribution in [3.63, 3.8) is 0 Å². The van der Waals surface area contributed by atoms with Crippen molar-refractivity contribution < 1.29 is 19.0 Å². The van der Waals surface area contributed by atoms with E-state index in [0.717, 1.165) is 16.9 Å². The Morgan fingerprint density at radius 3 is 2.43 bits per heavy atom. The lowest BCUT2D eigenvalue weighted by Crippen LogP contribution is -2.22. The fourth-order valence-corrected chi connectivity index (χ4v) is 4.04. The number of likely N-dealkylation sites (N-methyl/N-ethyl adjacent to an activating group) is 1. The molecule has 0 N–H and O–H groups in total. The van der Waals surface area contributed by atoms with Gasteiger partial charge in [0.25, 0.3) is 5.91 Å². The highest BCUT2D eigenvalue weighted by Crippen LogP contribution is 2.34. The number of hydrogen-bond donors (Lipinski definition) is 0. The highest BCUT2D eigenvalue weighted by molar-refractivity contribution is 8.26. The van der Waals surface area contributed by atoms with Crippen molar-refractivity contribution in [3.05, 3.63) is 63.5 Å². The third-order valence-corrected chi connectivity index (χ3v) is 6.03. The minimum Gasteiger partial charge on any atom is -0.491 e. The maximum atomic E-state index is 12.2. The Morgan fingerprint density at radius 1 is 1.07 bits per heavy atom. The molecule has 30 heavy (non-hydrogen) atoms. The number of hydrogen-bond acceptors (Lipinski definition) is 6. The van der Waals surface area contributed by atoms with E-state index >= 15 is 0 Å². The van der Waals surface area contributed by atoms with Crippen LogP contribution in [0.2, 0.25) is 5.02 Å². The Hall–Kier alpha value is -2.06. The number of halogens is 1. The predicted molar refractivity (Wildman–Crippen MR) is 125 cm³/mol. The second-order valence-electron chi connectivity index (χ2n) is 6.50. The highest BCUT2D eigenvalue weighted by atomic mass is 35.5. The second-order valence-corrected chi connectivity index (χ2v) is 8.61. The van der Waals surface area contributed by atoms with Crippen LogP contribution >= 0.6 is 35.6 Å². The quantitative estimate of drug-likeness (QED) is 0.298. The van der Waals surface area contributed by atoms with Gasteiger partial charge >= 0.3 is 0 Å². The van der Waals surface area contributed by atoms with Crippen LogP contribution in [0.3, 0.4) is 0 Å². The number of para-hydroxylation sites is 1. The molecule has 1 aliphatic heterocycles. The molecule has 0 aromatic heterocycles. The van der Waals surface area contributed by atoms with Crippen molar-refractivity contribution in [3.8, 4) is 11.5 Å². The summed E-state index contributed by atoms with van der Waals surface area (Å²) in [6.45, 7) is 3.71. The van der Waals surface area contributed by atoms with Crippen LogP contribution in [-0.4, -0.2) is 48.6 Å². The standard InChI is InChI=1S/C22H22ClNO4S2/c1-15-5-3-4-6-18(15)27-11-9-26-10-12-28-19-8-7-17(23)13-16(19)14-20-21(25)24(2)22(29)30-20/h3-8,13-14H,9-12H2,1-2H3. The molecular formula is C22H22ClNO4S2. The Labute approximate surface area is 190 Å². The normalized spacial score (nSPS) is 15.2. The van der Waals surface area contributed by atoms with E-state index < -0.39 is 0 Å². The maximum absolute atomic E-state index is 12.2. The van der Waals surface area contributed by atoms with E-state index in [1.807, 2.05) is 31.2 Å². The first kappa shape index (κ1) is 22.6. The summed E-state index contributed by atoms with van der Waals surface area (Å²) in [6, 6.07) is 13.2. The molecule has 0 unspecified atom stereocenters.